The van der Waals surface area contributed by atoms with E-state index >= 15 is 0 Å². The average molecular weight is 544 g/mol. The molecule has 0 spiro atoms. The molecule has 5 heteroatoms. The molecule has 8 rings (SSSR count). The van der Waals surface area contributed by atoms with Crippen LogP contribution in [0, 0.1) is 0 Å². The van der Waals surface area contributed by atoms with Crippen LogP contribution in [-0.4, -0.2) is 25.0 Å². The van der Waals surface area contributed by atoms with Gasteiger partial charge in [-0.15, -0.1) is 10.2 Å². The molecule has 0 bridgehead atoms. The highest BCUT2D eigenvalue weighted by atomic mass is 15.4. The van der Waals surface area contributed by atoms with Crippen molar-refractivity contribution < 1.29 is 0 Å². The van der Waals surface area contributed by atoms with Crippen molar-refractivity contribution in [1.82, 2.24) is 19.3 Å². The zero-order valence-electron chi connectivity index (χ0n) is 23.1. The lowest BCUT2D eigenvalue weighted by molar-refractivity contribution is 0.720. The van der Waals surface area contributed by atoms with Crippen LogP contribution in [-0.2, 0) is 6.42 Å². The summed E-state index contributed by atoms with van der Waals surface area (Å²) in [5.41, 5.74) is 9.09. The Kier molecular flexibility index (Phi) is 5.99. The fourth-order valence-electron chi connectivity index (χ4n) is 6.32. The molecule has 0 saturated carbocycles. The fourth-order valence-corrected chi connectivity index (χ4v) is 6.32. The lowest BCUT2D eigenvalue weighted by atomic mass is 9.96. The first-order chi connectivity index (χ1) is 20.8. The van der Waals surface area contributed by atoms with Crippen molar-refractivity contribution >= 4 is 28.4 Å². The second-order valence-corrected chi connectivity index (χ2v) is 10.8. The van der Waals surface area contributed by atoms with Gasteiger partial charge in [-0.3, -0.25) is 14.1 Å². The van der Waals surface area contributed by atoms with Crippen LogP contribution in [0.4, 0.5) is 0 Å². The largest absolute Gasteiger partial charge is 0.278 e. The number of nitrogens with zero attached hydrogens (tertiary/aromatic N) is 5. The Hall–Kier alpha value is -5.29. The minimum Gasteiger partial charge on any atom is -0.278 e. The van der Waals surface area contributed by atoms with Gasteiger partial charge >= 0.3 is 0 Å². The molecule has 0 amide bonds. The summed E-state index contributed by atoms with van der Waals surface area (Å²) in [5, 5.41) is 11.1. The molecular weight excluding hydrogens is 514 g/mol. The number of aromatic nitrogens is 4. The standard InChI is InChI=1S/C37H29N5/c1-4-14-26(15-5-1)32-24-29(25-33(38-32)27-16-6-2-7-17-27)41-36(28-18-8-3-9-19-28)39-40-37(41)42-34-22-12-10-20-30(34)31-21-11-13-23-35(31)42/h1-10,12-20,22-24,33H,11,21,25H2. The summed E-state index contributed by atoms with van der Waals surface area (Å²) >= 11 is 0. The molecule has 5 nitrogen and oxygen atoms in total. The molecule has 2 aromatic heterocycles. The van der Waals surface area contributed by atoms with Gasteiger partial charge in [-0.25, -0.2) is 0 Å². The minimum atomic E-state index is -0.0319. The van der Waals surface area contributed by atoms with Crippen LogP contribution in [0.25, 0.3) is 40.0 Å². The molecular formula is C37H29N5. The Morgan fingerprint density at radius 3 is 2.14 bits per heavy atom. The van der Waals surface area contributed by atoms with Crippen LogP contribution in [0.1, 0.15) is 41.3 Å². The summed E-state index contributed by atoms with van der Waals surface area (Å²) in [7, 11) is 0. The van der Waals surface area contributed by atoms with E-state index in [-0.39, 0.29) is 6.04 Å². The van der Waals surface area contributed by atoms with E-state index in [1.165, 1.54) is 22.2 Å². The number of rotatable bonds is 5. The van der Waals surface area contributed by atoms with E-state index in [2.05, 4.69) is 130 Å². The fraction of sp³-hybridized carbons (Fsp3) is 0.108. The first kappa shape index (κ1) is 24.5. The van der Waals surface area contributed by atoms with Gasteiger partial charge in [-0.1, -0.05) is 115 Å². The lowest BCUT2D eigenvalue weighted by Gasteiger charge is -2.25. The molecule has 0 N–H and O–H groups in total. The number of allylic oxidation sites excluding steroid dienone is 2. The molecule has 1 aliphatic heterocycles. The third kappa shape index (κ3) is 4.13. The topological polar surface area (TPSA) is 48.0 Å². The molecule has 0 saturated heterocycles. The summed E-state index contributed by atoms with van der Waals surface area (Å²) in [6.07, 6.45) is 9.53. The maximum atomic E-state index is 5.27. The van der Waals surface area contributed by atoms with Crippen molar-refractivity contribution in [1.29, 1.82) is 0 Å². The summed E-state index contributed by atoms with van der Waals surface area (Å²) in [4.78, 5) is 5.27. The second kappa shape index (κ2) is 10.3. The van der Waals surface area contributed by atoms with E-state index in [0.717, 1.165) is 59.1 Å². The van der Waals surface area contributed by atoms with Crippen molar-refractivity contribution in [2.45, 2.75) is 25.3 Å². The Morgan fingerprint density at radius 2 is 1.36 bits per heavy atom. The van der Waals surface area contributed by atoms with Crippen molar-refractivity contribution in [2.75, 3.05) is 0 Å². The molecule has 42 heavy (non-hydrogen) atoms. The highest BCUT2D eigenvalue weighted by Gasteiger charge is 2.28. The highest BCUT2D eigenvalue weighted by molar-refractivity contribution is 6.12. The lowest BCUT2D eigenvalue weighted by Crippen LogP contribution is -2.17. The third-order valence-electron chi connectivity index (χ3n) is 8.28. The Morgan fingerprint density at radius 1 is 0.667 bits per heavy atom. The van der Waals surface area contributed by atoms with Gasteiger partial charge in [0.15, 0.2) is 5.82 Å². The van der Waals surface area contributed by atoms with E-state index in [4.69, 9.17) is 15.2 Å². The number of benzene rings is 4. The van der Waals surface area contributed by atoms with Crippen LogP contribution in [0.5, 0.6) is 0 Å². The summed E-state index contributed by atoms with van der Waals surface area (Å²) in [5.74, 6) is 1.62. The molecule has 1 atom stereocenters. The summed E-state index contributed by atoms with van der Waals surface area (Å²) < 4.78 is 4.56. The van der Waals surface area contributed by atoms with E-state index in [9.17, 15) is 0 Å². The smallest absolute Gasteiger partial charge is 0.241 e. The number of aliphatic imine (C=N–C) groups is 1. The molecule has 1 aliphatic carbocycles. The van der Waals surface area contributed by atoms with Crippen LogP contribution in [0.3, 0.4) is 0 Å². The normalized spacial score (nSPS) is 16.2. The SMILES string of the molecule is C1=Cc2c(c3ccccc3n2-c2nnc(-c3ccccc3)n2C2=CC(c3ccccc3)=NC(c3ccccc3)C2)CC1. The quantitative estimate of drug-likeness (QED) is 0.219. The molecule has 6 aromatic rings. The summed E-state index contributed by atoms with van der Waals surface area (Å²) in [6, 6.07) is 40.0. The number of aryl methyl sites for hydroxylation is 1. The predicted octanol–water partition coefficient (Wildman–Crippen LogP) is 8.32. The Labute approximate surface area is 244 Å². The van der Waals surface area contributed by atoms with Crippen LogP contribution in [0.15, 0.2) is 132 Å². The van der Waals surface area contributed by atoms with Gasteiger partial charge in [0.2, 0.25) is 5.95 Å². The highest BCUT2D eigenvalue weighted by Crippen LogP contribution is 2.39. The average Bonchev–Trinajstić information content (AvgIpc) is 3.65. The van der Waals surface area contributed by atoms with E-state index in [1.807, 2.05) is 12.1 Å². The summed E-state index contributed by atoms with van der Waals surface area (Å²) in [6.45, 7) is 0. The number of hydrogen-bond donors (Lipinski definition) is 0. The van der Waals surface area contributed by atoms with Gasteiger partial charge in [0.05, 0.1) is 23.0 Å². The van der Waals surface area contributed by atoms with Gasteiger partial charge in [-0.05, 0) is 47.8 Å². The van der Waals surface area contributed by atoms with Gasteiger partial charge in [0.25, 0.3) is 0 Å². The molecule has 202 valence electrons. The van der Waals surface area contributed by atoms with Crippen LogP contribution in [0.2, 0.25) is 0 Å². The Balaban J connectivity index is 1.40. The monoisotopic (exact) mass is 543 g/mol. The molecule has 0 fully saturated rings. The van der Waals surface area contributed by atoms with Crippen molar-refractivity contribution in [2.24, 2.45) is 4.99 Å². The van der Waals surface area contributed by atoms with Crippen molar-refractivity contribution in [3.05, 3.63) is 150 Å². The number of hydrogen-bond acceptors (Lipinski definition) is 3. The number of para-hydroxylation sites is 1. The third-order valence-corrected chi connectivity index (χ3v) is 8.28. The van der Waals surface area contributed by atoms with Gasteiger partial charge in [0, 0.05) is 23.1 Å². The van der Waals surface area contributed by atoms with Gasteiger partial charge in [0.1, 0.15) is 0 Å². The van der Waals surface area contributed by atoms with Crippen LogP contribution < -0.4 is 0 Å². The molecule has 0 radical (unpaired) electrons. The first-order valence-electron chi connectivity index (χ1n) is 14.5. The van der Waals surface area contributed by atoms with Gasteiger partial charge < -0.3 is 0 Å². The zero-order valence-corrected chi connectivity index (χ0v) is 23.1. The van der Waals surface area contributed by atoms with E-state index < -0.39 is 0 Å². The van der Waals surface area contributed by atoms with Crippen LogP contribution >= 0.6 is 0 Å². The number of dihydropyridines is 1. The maximum Gasteiger partial charge on any atom is 0.241 e. The van der Waals surface area contributed by atoms with E-state index in [0.29, 0.717) is 0 Å². The number of fused-ring (bicyclic) bond motifs is 3. The van der Waals surface area contributed by atoms with Gasteiger partial charge in [-0.2, -0.15) is 0 Å². The predicted molar refractivity (Wildman–Crippen MR) is 171 cm³/mol. The molecule has 3 heterocycles. The molecule has 4 aromatic carbocycles. The first-order valence-corrected chi connectivity index (χ1v) is 14.5. The van der Waals surface area contributed by atoms with E-state index in [1.54, 1.807) is 0 Å². The molecule has 1 unspecified atom stereocenters. The van der Waals surface area contributed by atoms with Crippen molar-refractivity contribution in [3.63, 3.8) is 0 Å². The Bertz CT molecular complexity index is 1990. The second-order valence-electron chi connectivity index (χ2n) is 10.8. The van der Waals surface area contributed by atoms with Crippen molar-refractivity contribution in [3.8, 4) is 17.3 Å². The molecule has 2 aliphatic rings. The zero-order chi connectivity index (χ0) is 27.9. The maximum absolute atomic E-state index is 5.27. The minimum absolute atomic E-state index is 0.0319.